The Morgan fingerprint density at radius 2 is 1.43 bits per heavy atom. The highest BCUT2D eigenvalue weighted by Crippen LogP contribution is 2.22. The van der Waals surface area contributed by atoms with Crippen molar-refractivity contribution in [3.8, 4) is 5.75 Å². The molecule has 0 aliphatic heterocycles. The number of hydrogen-bond acceptors (Lipinski definition) is 6. The quantitative estimate of drug-likeness (QED) is 0.110. The lowest BCUT2D eigenvalue weighted by molar-refractivity contribution is -0.141. The molecule has 0 radical (unpaired) electrons. The van der Waals surface area contributed by atoms with Gasteiger partial charge in [-0.3, -0.25) is 9.59 Å². The van der Waals surface area contributed by atoms with Gasteiger partial charge in [0.25, 0.3) is 0 Å². The van der Waals surface area contributed by atoms with Crippen LogP contribution >= 0.6 is 0 Å². The van der Waals surface area contributed by atoms with E-state index >= 15 is 0 Å². The van der Waals surface area contributed by atoms with E-state index in [1.807, 2.05) is 66.7 Å². The van der Waals surface area contributed by atoms with Gasteiger partial charge in [0.05, 0.1) is 13.7 Å². The molecule has 1 amide bonds. The molecule has 216 valence electrons. The van der Waals surface area contributed by atoms with Crippen molar-refractivity contribution < 1.29 is 23.9 Å². The highest BCUT2D eigenvalue weighted by atomic mass is 16.5. The fourth-order valence-corrected chi connectivity index (χ4v) is 4.58. The second-order valence-electron chi connectivity index (χ2n) is 9.85. The molecule has 42 heavy (non-hydrogen) atoms. The minimum atomic E-state index is -0.705. The summed E-state index contributed by atoms with van der Waals surface area (Å²) in [6.45, 7) is 0.768. The van der Waals surface area contributed by atoms with Crippen molar-refractivity contribution in [2.45, 2.75) is 31.7 Å². The van der Waals surface area contributed by atoms with E-state index in [2.05, 4.69) is 22.8 Å². The zero-order chi connectivity index (χ0) is 29.6. The summed E-state index contributed by atoms with van der Waals surface area (Å²) in [6, 6.07) is 33.0. The van der Waals surface area contributed by atoms with Crippen molar-refractivity contribution in [1.82, 2.24) is 5.32 Å². The van der Waals surface area contributed by atoms with Gasteiger partial charge in [-0.25, -0.2) is 4.79 Å². The number of hydrogen-bond donors (Lipinski definition) is 2. The highest BCUT2D eigenvalue weighted by Gasteiger charge is 2.22. The van der Waals surface area contributed by atoms with E-state index in [0.29, 0.717) is 48.6 Å². The molecule has 4 aromatic carbocycles. The summed E-state index contributed by atoms with van der Waals surface area (Å²) in [5.41, 5.74) is 3.73. The topological polar surface area (TPSA) is 93.7 Å². The van der Waals surface area contributed by atoms with Crippen LogP contribution in [0.1, 0.15) is 39.9 Å². The summed E-state index contributed by atoms with van der Waals surface area (Å²) in [7, 11) is 1.34. The summed E-state index contributed by atoms with van der Waals surface area (Å²) < 4.78 is 10.8. The van der Waals surface area contributed by atoms with Crippen LogP contribution in [-0.2, 0) is 27.2 Å². The van der Waals surface area contributed by atoms with Crippen LogP contribution in [0, 0.1) is 0 Å². The van der Waals surface area contributed by atoms with Crippen molar-refractivity contribution in [3.63, 3.8) is 0 Å². The fraction of sp³-hybridized carbons (Fsp3) is 0.229. The second kappa shape index (κ2) is 15.8. The monoisotopic (exact) mass is 564 g/mol. The van der Waals surface area contributed by atoms with Crippen molar-refractivity contribution >= 4 is 23.3 Å². The van der Waals surface area contributed by atoms with Gasteiger partial charge in [-0.05, 0) is 48.2 Å². The van der Waals surface area contributed by atoms with Crippen molar-refractivity contribution in [2.75, 3.05) is 25.6 Å². The first-order chi connectivity index (χ1) is 20.5. The van der Waals surface area contributed by atoms with E-state index in [1.54, 1.807) is 30.3 Å². The predicted octanol–water partition coefficient (Wildman–Crippen LogP) is 5.63. The summed E-state index contributed by atoms with van der Waals surface area (Å²) in [5, 5.41) is 6.12. The smallest absolute Gasteiger partial charge is 0.328 e. The summed E-state index contributed by atoms with van der Waals surface area (Å²) in [4.78, 5) is 37.9. The first-order valence-corrected chi connectivity index (χ1v) is 14.1. The van der Waals surface area contributed by atoms with Crippen LogP contribution in [0.25, 0.3) is 0 Å². The molecular weight excluding hydrogens is 528 g/mol. The number of nitrogens with one attached hydrogen (secondary N) is 2. The zero-order valence-corrected chi connectivity index (χ0v) is 23.8. The maximum Gasteiger partial charge on any atom is 0.328 e. The third kappa shape index (κ3) is 9.06. The number of aryl methyl sites for hydroxylation is 1. The number of ether oxygens (including phenoxy) is 2. The summed E-state index contributed by atoms with van der Waals surface area (Å²) in [6.07, 6.45) is 2.50. The molecule has 0 aliphatic carbocycles. The SMILES string of the molecule is COC(=O)[C@H](Cc1ccc(OCCNC(=O)CCCc2ccccc2)cc1)Nc1ccccc1C(=O)c1ccccc1. The Balaban J connectivity index is 1.27. The molecule has 0 bridgehead atoms. The molecule has 0 aromatic heterocycles. The van der Waals surface area contributed by atoms with Crippen LogP contribution in [0.4, 0.5) is 5.69 Å². The number of carbonyl (C=O) groups excluding carboxylic acids is 3. The van der Waals surface area contributed by atoms with Crippen LogP contribution in [0.15, 0.2) is 109 Å². The first kappa shape index (κ1) is 30.1. The molecule has 0 fully saturated rings. The second-order valence-corrected chi connectivity index (χ2v) is 9.85. The van der Waals surface area contributed by atoms with Gasteiger partial charge in [0.1, 0.15) is 18.4 Å². The number of amides is 1. The number of rotatable bonds is 15. The number of carbonyl (C=O) groups is 3. The van der Waals surface area contributed by atoms with Gasteiger partial charge >= 0.3 is 5.97 Å². The molecule has 4 rings (SSSR count). The molecule has 7 heteroatoms. The maximum atomic E-state index is 13.1. The minimum Gasteiger partial charge on any atom is -0.492 e. The lowest BCUT2D eigenvalue weighted by Gasteiger charge is -2.20. The van der Waals surface area contributed by atoms with Crippen molar-refractivity contribution in [3.05, 3.63) is 131 Å². The maximum absolute atomic E-state index is 13.1. The molecule has 0 unspecified atom stereocenters. The molecule has 4 aromatic rings. The molecule has 0 aliphatic rings. The molecule has 0 saturated carbocycles. The Morgan fingerprint density at radius 3 is 2.14 bits per heavy atom. The third-order valence-corrected chi connectivity index (χ3v) is 6.79. The molecule has 1 atom stereocenters. The number of anilines is 1. The Morgan fingerprint density at radius 1 is 0.762 bits per heavy atom. The van der Waals surface area contributed by atoms with Gasteiger partial charge in [-0.1, -0.05) is 84.9 Å². The molecule has 0 saturated heterocycles. The zero-order valence-electron chi connectivity index (χ0n) is 23.8. The van der Waals surface area contributed by atoms with Crippen LogP contribution < -0.4 is 15.4 Å². The summed E-state index contributed by atoms with van der Waals surface area (Å²) in [5.74, 6) is 0.112. The Bertz CT molecular complexity index is 1440. The first-order valence-electron chi connectivity index (χ1n) is 14.1. The number of para-hydroxylation sites is 1. The van der Waals surface area contributed by atoms with Crippen LogP contribution in [0.2, 0.25) is 0 Å². The van der Waals surface area contributed by atoms with E-state index in [4.69, 9.17) is 9.47 Å². The van der Waals surface area contributed by atoms with E-state index in [0.717, 1.165) is 18.4 Å². The predicted molar refractivity (Wildman–Crippen MR) is 164 cm³/mol. The van der Waals surface area contributed by atoms with E-state index in [9.17, 15) is 14.4 Å². The number of methoxy groups -OCH3 is 1. The Labute approximate surface area is 246 Å². The highest BCUT2D eigenvalue weighted by molar-refractivity contribution is 6.12. The van der Waals surface area contributed by atoms with Gasteiger partial charge in [-0.15, -0.1) is 0 Å². The molecule has 0 heterocycles. The average Bonchev–Trinajstić information content (AvgIpc) is 3.04. The Kier molecular flexibility index (Phi) is 11.3. The van der Waals surface area contributed by atoms with Gasteiger partial charge in [-0.2, -0.15) is 0 Å². The number of esters is 1. The van der Waals surface area contributed by atoms with Crippen molar-refractivity contribution in [2.24, 2.45) is 0 Å². The molecule has 2 N–H and O–H groups in total. The average molecular weight is 565 g/mol. The van der Waals surface area contributed by atoms with E-state index in [-0.39, 0.29) is 11.7 Å². The lowest BCUT2D eigenvalue weighted by atomic mass is 10.00. The minimum absolute atomic E-state index is 0.0123. The standard InChI is InChI=1S/C35H36N2O5/c1-41-35(40)32(37-31-17-9-8-16-30(31)34(39)28-14-6-3-7-15-28)25-27-19-21-29(22-20-27)42-24-23-36-33(38)18-10-13-26-11-4-2-5-12-26/h2-9,11-12,14-17,19-22,32,37H,10,13,18,23-25H2,1H3,(H,36,38)/t32-/m0/s1. The summed E-state index contributed by atoms with van der Waals surface area (Å²) >= 11 is 0. The molecular formula is C35H36N2O5. The van der Waals surface area contributed by atoms with Crippen molar-refractivity contribution in [1.29, 1.82) is 0 Å². The Hall–Kier alpha value is -4.91. The van der Waals surface area contributed by atoms with E-state index < -0.39 is 12.0 Å². The largest absolute Gasteiger partial charge is 0.492 e. The third-order valence-electron chi connectivity index (χ3n) is 6.79. The normalized spacial score (nSPS) is 11.3. The molecule has 7 nitrogen and oxygen atoms in total. The number of ketones is 1. The van der Waals surface area contributed by atoms with Gasteiger partial charge in [0.2, 0.25) is 5.91 Å². The van der Waals surface area contributed by atoms with Gasteiger partial charge in [0, 0.05) is 29.7 Å². The van der Waals surface area contributed by atoms with Gasteiger partial charge in [0.15, 0.2) is 5.78 Å². The molecule has 0 spiro atoms. The van der Waals surface area contributed by atoms with E-state index in [1.165, 1.54) is 12.7 Å². The van der Waals surface area contributed by atoms with Crippen LogP contribution in [0.5, 0.6) is 5.75 Å². The van der Waals surface area contributed by atoms with Crippen LogP contribution in [0.3, 0.4) is 0 Å². The lowest BCUT2D eigenvalue weighted by Crippen LogP contribution is -2.33. The number of benzene rings is 4. The van der Waals surface area contributed by atoms with Crippen LogP contribution in [-0.4, -0.2) is 44.0 Å². The fourth-order valence-electron chi connectivity index (χ4n) is 4.58. The van der Waals surface area contributed by atoms with Gasteiger partial charge < -0.3 is 20.1 Å².